The second kappa shape index (κ2) is 14.7. The Morgan fingerprint density at radius 1 is 0.930 bits per heavy atom. The fraction of sp³-hybridized carbons (Fsp3) is 0.281. The van der Waals surface area contributed by atoms with Crippen LogP contribution in [0.5, 0.6) is 5.75 Å². The molecule has 5 rings (SSSR count). The molecular formula is C32H32N6O5. The van der Waals surface area contributed by atoms with Crippen molar-refractivity contribution in [2.45, 2.75) is 12.5 Å². The summed E-state index contributed by atoms with van der Waals surface area (Å²) < 4.78 is 16.7. The lowest BCUT2D eigenvalue weighted by atomic mass is 10.0. The average molecular weight is 581 g/mol. The van der Waals surface area contributed by atoms with Crippen LogP contribution in [0.1, 0.15) is 32.4 Å². The summed E-state index contributed by atoms with van der Waals surface area (Å²) in [5, 5.41) is 18.5. The molecule has 2 heterocycles. The Bertz CT molecular complexity index is 1530. The third-order valence-electron chi connectivity index (χ3n) is 7.04. The fourth-order valence-corrected chi connectivity index (χ4v) is 4.62. The van der Waals surface area contributed by atoms with Crippen LogP contribution < -0.4 is 15.4 Å². The minimum atomic E-state index is -0.445. The predicted octanol–water partition coefficient (Wildman–Crippen LogP) is 3.09. The molecule has 11 heteroatoms. The summed E-state index contributed by atoms with van der Waals surface area (Å²) in [6.45, 7) is 3.76. The van der Waals surface area contributed by atoms with E-state index < -0.39 is 5.91 Å². The molecule has 0 saturated carbocycles. The number of benzene rings is 3. The molecule has 1 atom stereocenters. The van der Waals surface area contributed by atoms with E-state index in [1.807, 2.05) is 54.6 Å². The molecule has 1 aliphatic rings. The van der Waals surface area contributed by atoms with Gasteiger partial charge < -0.3 is 24.6 Å². The zero-order valence-electron chi connectivity index (χ0n) is 23.6. The van der Waals surface area contributed by atoms with Gasteiger partial charge in [-0.05, 0) is 47.5 Å². The number of carbonyl (C=O) groups is 2. The van der Waals surface area contributed by atoms with Crippen LogP contribution in [0.25, 0.3) is 11.1 Å². The predicted molar refractivity (Wildman–Crippen MR) is 157 cm³/mol. The lowest BCUT2D eigenvalue weighted by molar-refractivity contribution is 0.00641. The number of amides is 2. The van der Waals surface area contributed by atoms with Gasteiger partial charge in [0, 0.05) is 38.2 Å². The highest BCUT2D eigenvalue weighted by Gasteiger charge is 2.24. The van der Waals surface area contributed by atoms with Crippen LogP contribution in [0.2, 0.25) is 0 Å². The first kappa shape index (κ1) is 29.4. The minimum absolute atomic E-state index is 0.0622. The van der Waals surface area contributed by atoms with Gasteiger partial charge in [-0.1, -0.05) is 47.6 Å². The third-order valence-corrected chi connectivity index (χ3v) is 7.04. The molecule has 0 aliphatic carbocycles. The maximum Gasteiger partial charge on any atom is 0.292 e. The van der Waals surface area contributed by atoms with Crippen molar-refractivity contribution < 1.29 is 23.6 Å². The van der Waals surface area contributed by atoms with Gasteiger partial charge in [0.1, 0.15) is 12.4 Å². The second-order valence-corrected chi connectivity index (χ2v) is 9.92. The summed E-state index contributed by atoms with van der Waals surface area (Å²) in [5.74, 6) is 0.264. The lowest BCUT2D eigenvalue weighted by Crippen LogP contribution is -2.51. The summed E-state index contributed by atoms with van der Waals surface area (Å²) >= 11 is 0. The van der Waals surface area contributed by atoms with Gasteiger partial charge in [-0.15, -0.1) is 0 Å². The van der Waals surface area contributed by atoms with Gasteiger partial charge >= 0.3 is 0 Å². The second-order valence-electron chi connectivity index (χ2n) is 9.92. The largest absolute Gasteiger partial charge is 0.492 e. The summed E-state index contributed by atoms with van der Waals surface area (Å²) in [7, 11) is 0. The Kier molecular flexibility index (Phi) is 10.1. The van der Waals surface area contributed by atoms with Crippen molar-refractivity contribution >= 4 is 11.8 Å². The van der Waals surface area contributed by atoms with Crippen molar-refractivity contribution in [3.8, 4) is 22.9 Å². The van der Waals surface area contributed by atoms with Gasteiger partial charge in [-0.3, -0.25) is 14.5 Å². The van der Waals surface area contributed by atoms with Crippen molar-refractivity contribution in [2.24, 2.45) is 0 Å². The number of hydrogen-bond acceptors (Lipinski definition) is 9. The van der Waals surface area contributed by atoms with Crippen LogP contribution in [0.3, 0.4) is 0 Å². The Labute approximate surface area is 249 Å². The van der Waals surface area contributed by atoms with Crippen LogP contribution in [0.4, 0.5) is 0 Å². The number of nitrogens with one attached hydrogen (secondary N) is 2. The Morgan fingerprint density at radius 2 is 1.63 bits per heavy atom. The smallest absolute Gasteiger partial charge is 0.292 e. The molecule has 3 aromatic carbocycles. The number of nitrogens with zero attached hydrogens (tertiary/aromatic N) is 4. The first-order chi connectivity index (χ1) is 21.1. The monoisotopic (exact) mass is 580 g/mol. The first-order valence-corrected chi connectivity index (χ1v) is 14.1. The summed E-state index contributed by atoms with van der Waals surface area (Å²) in [6, 6.07) is 26.0. The molecule has 2 amide bonds. The number of rotatable bonds is 12. The molecule has 1 fully saturated rings. The van der Waals surface area contributed by atoms with Crippen molar-refractivity contribution in [3.63, 3.8) is 0 Å². The number of nitriles is 1. The molecule has 220 valence electrons. The van der Waals surface area contributed by atoms with Gasteiger partial charge in [0.15, 0.2) is 0 Å². The van der Waals surface area contributed by atoms with E-state index in [1.165, 1.54) is 0 Å². The van der Waals surface area contributed by atoms with E-state index in [1.54, 1.807) is 24.3 Å². The third kappa shape index (κ3) is 8.25. The molecular weight excluding hydrogens is 548 g/mol. The molecule has 0 spiro atoms. The van der Waals surface area contributed by atoms with E-state index >= 15 is 0 Å². The number of morpholine rings is 1. The fourth-order valence-electron chi connectivity index (χ4n) is 4.62. The minimum Gasteiger partial charge on any atom is -0.492 e. The topological polar surface area (TPSA) is 143 Å². The highest BCUT2D eigenvalue weighted by atomic mass is 16.5. The number of para-hydroxylation sites is 1. The van der Waals surface area contributed by atoms with Gasteiger partial charge in [0.25, 0.3) is 17.6 Å². The van der Waals surface area contributed by atoms with E-state index in [4.69, 9.17) is 19.3 Å². The molecule has 1 unspecified atom stereocenters. The van der Waals surface area contributed by atoms with E-state index in [9.17, 15) is 9.59 Å². The Balaban J connectivity index is 1.08. The zero-order chi connectivity index (χ0) is 29.9. The number of aromatic nitrogens is 2. The van der Waals surface area contributed by atoms with Crippen LogP contribution in [0.15, 0.2) is 83.4 Å². The molecule has 4 aromatic rings. The summed E-state index contributed by atoms with van der Waals surface area (Å²) in [4.78, 5) is 31.8. The Hall–Kier alpha value is -5.05. The molecule has 43 heavy (non-hydrogen) atoms. The number of ether oxygens (including phenoxy) is 2. The maximum absolute atomic E-state index is 12.8. The highest BCUT2D eigenvalue weighted by Crippen LogP contribution is 2.20. The van der Waals surface area contributed by atoms with Gasteiger partial charge in [-0.25, -0.2) is 0 Å². The molecule has 1 saturated heterocycles. The summed E-state index contributed by atoms with van der Waals surface area (Å²) in [6.07, 6.45) is 0.274. The van der Waals surface area contributed by atoms with E-state index in [2.05, 4.69) is 31.7 Å². The molecule has 1 aromatic heterocycles. The highest BCUT2D eigenvalue weighted by molar-refractivity contribution is 5.94. The van der Waals surface area contributed by atoms with E-state index in [0.717, 1.165) is 30.0 Å². The number of hydrogen-bond donors (Lipinski definition) is 2. The zero-order valence-corrected chi connectivity index (χ0v) is 23.6. The van der Waals surface area contributed by atoms with Crippen molar-refractivity contribution in [3.05, 3.63) is 102 Å². The molecule has 0 radical (unpaired) electrons. The van der Waals surface area contributed by atoms with Crippen molar-refractivity contribution in [1.29, 1.82) is 5.26 Å². The van der Waals surface area contributed by atoms with E-state index in [0.29, 0.717) is 37.5 Å². The average Bonchev–Trinajstić information content (AvgIpc) is 3.55. The van der Waals surface area contributed by atoms with Crippen molar-refractivity contribution in [1.82, 2.24) is 25.7 Å². The summed E-state index contributed by atoms with van der Waals surface area (Å²) in [5.41, 5.74) is 3.00. The lowest BCUT2D eigenvalue weighted by Gasteiger charge is -2.34. The maximum atomic E-state index is 12.8. The number of carbonyl (C=O) groups excluding carboxylic acids is 2. The van der Waals surface area contributed by atoms with Crippen LogP contribution in [-0.4, -0.2) is 78.9 Å². The SMILES string of the molecule is N#Cc1ccc(-c2ccc(C(=O)NCCc3nc(C(=O)NCC(COc4ccccc4)N4CCOCC4)no3)cc2)cc1. The van der Waals surface area contributed by atoms with Gasteiger partial charge in [-0.2, -0.15) is 10.2 Å². The first-order valence-electron chi connectivity index (χ1n) is 14.1. The molecule has 11 nitrogen and oxygen atoms in total. The molecule has 1 aliphatic heterocycles. The standard InChI is InChI=1S/C32H32N6O5/c33-20-23-6-8-24(9-7-23)25-10-12-26(13-11-25)31(39)34-15-14-29-36-30(37-43-29)32(40)35-21-27(38-16-18-41-19-17-38)22-42-28-4-2-1-3-5-28/h1-13,27H,14-19,21-22H2,(H,34,39)(H,35,40). The quantitative estimate of drug-likeness (QED) is 0.258. The normalized spacial score (nSPS) is 13.9. The van der Waals surface area contributed by atoms with Gasteiger partial charge in [0.05, 0.1) is 30.9 Å². The molecule has 2 N–H and O–H groups in total. The van der Waals surface area contributed by atoms with Crippen LogP contribution in [-0.2, 0) is 11.2 Å². The molecule has 0 bridgehead atoms. The van der Waals surface area contributed by atoms with E-state index in [-0.39, 0.29) is 36.6 Å². The van der Waals surface area contributed by atoms with Crippen molar-refractivity contribution in [2.75, 3.05) is 46.0 Å². The van der Waals surface area contributed by atoms with Gasteiger partial charge in [0.2, 0.25) is 5.89 Å². The van der Waals surface area contributed by atoms with Crippen LogP contribution in [0, 0.1) is 11.3 Å². The van der Waals surface area contributed by atoms with Crippen LogP contribution >= 0.6 is 0 Å². The Morgan fingerprint density at radius 3 is 2.33 bits per heavy atom.